The number of aliphatic hydroxyl groups is 1. The van der Waals surface area contributed by atoms with E-state index in [9.17, 15) is 5.11 Å². The van der Waals surface area contributed by atoms with E-state index in [1.54, 1.807) is 6.92 Å². The Morgan fingerprint density at radius 2 is 2.19 bits per heavy atom. The second-order valence-corrected chi connectivity index (χ2v) is 4.93. The fourth-order valence-corrected chi connectivity index (χ4v) is 1.81. The van der Waals surface area contributed by atoms with Gasteiger partial charge in [0.15, 0.2) is 5.82 Å². The Morgan fingerprint density at radius 1 is 1.50 bits per heavy atom. The molecule has 0 saturated heterocycles. The van der Waals surface area contributed by atoms with E-state index in [1.165, 1.54) is 0 Å². The van der Waals surface area contributed by atoms with Crippen LogP contribution in [0.15, 0.2) is 4.52 Å². The Bertz CT molecular complexity index is 321. The Kier molecular flexibility index (Phi) is 4.44. The molecule has 2 N–H and O–H groups in total. The summed E-state index contributed by atoms with van der Waals surface area (Å²) in [5.74, 6) is 1.66. The Morgan fingerprint density at radius 3 is 2.69 bits per heavy atom. The van der Waals surface area contributed by atoms with Gasteiger partial charge in [-0.25, -0.2) is 0 Å². The van der Waals surface area contributed by atoms with Gasteiger partial charge in [-0.05, 0) is 19.3 Å². The van der Waals surface area contributed by atoms with Gasteiger partial charge in [-0.3, -0.25) is 0 Å². The van der Waals surface area contributed by atoms with Crippen LogP contribution >= 0.6 is 0 Å². The molecule has 1 unspecified atom stereocenters. The van der Waals surface area contributed by atoms with Crippen molar-refractivity contribution < 1.29 is 9.63 Å². The molecule has 0 amide bonds. The molecule has 16 heavy (non-hydrogen) atoms. The van der Waals surface area contributed by atoms with Crippen molar-refractivity contribution in [2.24, 2.45) is 5.92 Å². The summed E-state index contributed by atoms with van der Waals surface area (Å²) in [5.41, 5.74) is -0.688. The number of rotatable bonds is 6. The van der Waals surface area contributed by atoms with Crippen molar-refractivity contribution in [1.29, 1.82) is 0 Å². The molecular weight excluding hydrogens is 206 g/mol. The standard InChI is InChI=1S/C11H21N3O2/c1-8(2)5-11(4,15)7-12-6-10-13-9(3)16-14-10/h8,12,15H,5-7H2,1-4H3. The van der Waals surface area contributed by atoms with Gasteiger partial charge in [-0.2, -0.15) is 4.98 Å². The minimum Gasteiger partial charge on any atom is -0.389 e. The van der Waals surface area contributed by atoms with Crippen molar-refractivity contribution in [2.45, 2.75) is 46.3 Å². The van der Waals surface area contributed by atoms with Crippen LogP contribution in [-0.4, -0.2) is 27.4 Å². The highest BCUT2D eigenvalue weighted by Crippen LogP contribution is 2.15. The molecule has 0 fully saturated rings. The minimum absolute atomic E-state index is 0.476. The number of nitrogens with one attached hydrogen (secondary N) is 1. The third-order valence-electron chi connectivity index (χ3n) is 2.21. The first-order valence-corrected chi connectivity index (χ1v) is 5.61. The highest BCUT2D eigenvalue weighted by atomic mass is 16.5. The summed E-state index contributed by atoms with van der Waals surface area (Å²) < 4.78 is 4.85. The zero-order valence-corrected chi connectivity index (χ0v) is 10.4. The van der Waals surface area contributed by atoms with Crippen LogP contribution in [0, 0.1) is 12.8 Å². The lowest BCUT2D eigenvalue weighted by Gasteiger charge is -2.25. The summed E-state index contributed by atoms with van der Waals surface area (Å²) in [5, 5.41) is 16.9. The summed E-state index contributed by atoms with van der Waals surface area (Å²) in [6, 6.07) is 0. The van der Waals surface area contributed by atoms with Crippen LogP contribution < -0.4 is 5.32 Å². The topological polar surface area (TPSA) is 71.2 Å². The lowest BCUT2D eigenvalue weighted by Crippen LogP contribution is -2.38. The summed E-state index contributed by atoms with van der Waals surface area (Å²) in [6.07, 6.45) is 0.769. The molecule has 0 aliphatic heterocycles. The number of aryl methyl sites for hydroxylation is 1. The van der Waals surface area contributed by atoms with Gasteiger partial charge in [0, 0.05) is 13.5 Å². The molecule has 0 aliphatic rings. The average Bonchev–Trinajstić information content (AvgIpc) is 2.48. The predicted molar refractivity (Wildman–Crippen MR) is 60.8 cm³/mol. The summed E-state index contributed by atoms with van der Waals surface area (Å²) in [7, 11) is 0. The van der Waals surface area contributed by atoms with Crippen LogP contribution in [0.25, 0.3) is 0 Å². The first kappa shape index (κ1) is 13.1. The number of hydrogen-bond acceptors (Lipinski definition) is 5. The van der Waals surface area contributed by atoms with E-state index in [-0.39, 0.29) is 0 Å². The smallest absolute Gasteiger partial charge is 0.223 e. The Balaban J connectivity index is 2.29. The van der Waals surface area contributed by atoms with Gasteiger partial charge < -0.3 is 14.9 Å². The monoisotopic (exact) mass is 227 g/mol. The minimum atomic E-state index is -0.688. The number of hydrogen-bond donors (Lipinski definition) is 2. The fraction of sp³-hybridized carbons (Fsp3) is 0.818. The van der Waals surface area contributed by atoms with Gasteiger partial charge in [0.2, 0.25) is 5.89 Å². The maximum absolute atomic E-state index is 10.0. The fourth-order valence-electron chi connectivity index (χ4n) is 1.81. The van der Waals surface area contributed by atoms with E-state index in [0.717, 1.165) is 6.42 Å². The van der Waals surface area contributed by atoms with Crippen molar-refractivity contribution in [3.63, 3.8) is 0 Å². The number of nitrogens with zero attached hydrogens (tertiary/aromatic N) is 2. The van der Waals surface area contributed by atoms with E-state index in [0.29, 0.717) is 30.7 Å². The normalized spacial score (nSPS) is 15.4. The first-order valence-electron chi connectivity index (χ1n) is 5.61. The molecule has 0 radical (unpaired) electrons. The molecule has 1 heterocycles. The highest BCUT2D eigenvalue weighted by molar-refractivity contribution is 4.84. The molecule has 92 valence electrons. The lowest BCUT2D eigenvalue weighted by atomic mass is 9.94. The van der Waals surface area contributed by atoms with Crippen LogP contribution in [0.3, 0.4) is 0 Å². The quantitative estimate of drug-likeness (QED) is 0.765. The van der Waals surface area contributed by atoms with Gasteiger partial charge in [-0.15, -0.1) is 0 Å². The largest absolute Gasteiger partial charge is 0.389 e. The molecule has 0 saturated carbocycles. The summed E-state index contributed by atoms with van der Waals surface area (Å²) >= 11 is 0. The molecule has 1 aromatic rings. The molecule has 0 aliphatic carbocycles. The van der Waals surface area contributed by atoms with E-state index in [2.05, 4.69) is 29.3 Å². The van der Waals surface area contributed by atoms with Gasteiger partial charge in [-0.1, -0.05) is 19.0 Å². The molecule has 1 atom stereocenters. The second-order valence-electron chi connectivity index (χ2n) is 4.93. The third-order valence-corrected chi connectivity index (χ3v) is 2.21. The molecule has 5 nitrogen and oxygen atoms in total. The zero-order valence-electron chi connectivity index (χ0n) is 10.4. The van der Waals surface area contributed by atoms with Crippen LogP contribution in [0.1, 0.15) is 38.9 Å². The van der Waals surface area contributed by atoms with Crippen molar-refractivity contribution in [3.05, 3.63) is 11.7 Å². The van der Waals surface area contributed by atoms with Gasteiger partial charge in [0.05, 0.1) is 12.1 Å². The third kappa shape index (κ3) is 4.72. The molecule has 0 aromatic carbocycles. The van der Waals surface area contributed by atoms with Crippen LogP contribution in [0.4, 0.5) is 0 Å². The van der Waals surface area contributed by atoms with Crippen molar-refractivity contribution >= 4 is 0 Å². The Labute approximate surface area is 96.2 Å². The van der Waals surface area contributed by atoms with Crippen molar-refractivity contribution in [3.8, 4) is 0 Å². The Hall–Kier alpha value is -0.940. The molecule has 1 rings (SSSR count). The molecule has 0 spiro atoms. The average molecular weight is 227 g/mol. The molecule has 1 aromatic heterocycles. The van der Waals surface area contributed by atoms with E-state index in [4.69, 9.17) is 4.52 Å². The van der Waals surface area contributed by atoms with E-state index >= 15 is 0 Å². The predicted octanol–water partition coefficient (Wildman–Crippen LogP) is 1.26. The van der Waals surface area contributed by atoms with Gasteiger partial charge in [0.1, 0.15) is 0 Å². The van der Waals surface area contributed by atoms with Gasteiger partial charge >= 0.3 is 0 Å². The highest BCUT2D eigenvalue weighted by Gasteiger charge is 2.21. The van der Waals surface area contributed by atoms with Crippen molar-refractivity contribution in [1.82, 2.24) is 15.5 Å². The molecule has 5 heteroatoms. The maximum atomic E-state index is 10.0. The molecular formula is C11H21N3O2. The van der Waals surface area contributed by atoms with Gasteiger partial charge in [0.25, 0.3) is 0 Å². The van der Waals surface area contributed by atoms with Crippen LogP contribution in [0.5, 0.6) is 0 Å². The SMILES string of the molecule is Cc1nc(CNCC(C)(O)CC(C)C)no1. The second kappa shape index (κ2) is 5.41. The van der Waals surface area contributed by atoms with Crippen LogP contribution in [-0.2, 0) is 6.54 Å². The number of aromatic nitrogens is 2. The lowest BCUT2D eigenvalue weighted by molar-refractivity contribution is 0.0381. The molecule has 0 bridgehead atoms. The summed E-state index contributed by atoms with van der Waals surface area (Å²) in [6.45, 7) is 8.82. The summed E-state index contributed by atoms with van der Waals surface area (Å²) in [4.78, 5) is 4.07. The maximum Gasteiger partial charge on any atom is 0.223 e. The van der Waals surface area contributed by atoms with Crippen LogP contribution in [0.2, 0.25) is 0 Å². The van der Waals surface area contributed by atoms with E-state index in [1.807, 2.05) is 6.92 Å². The first-order chi connectivity index (χ1) is 7.39. The zero-order chi connectivity index (χ0) is 12.2. The van der Waals surface area contributed by atoms with Crippen molar-refractivity contribution in [2.75, 3.05) is 6.54 Å². The van der Waals surface area contributed by atoms with E-state index < -0.39 is 5.60 Å².